The average molecular weight is 644 g/mol. The second-order valence-corrected chi connectivity index (χ2v) is 15.1. The number of rotatable bonds is 5. The van der Waals surface area contributed by atoms with Crippen LogP contribution in [0.15, 0.2) is 158 Å². The third kappa shape index (κ3) is 4.68. The highest BCUT2D eigenvalue weighted by molar-refractivity contribution is 5.89. The van der Waals surface area contributed by atoms with Crippen molar-refractivity contribution in [1.29, 1.82) is 0 Å². The van der Waals surface area contributed by atoms with Crippen molar-refractivity contribution in [2.24, 2.45) is 0 Å². The molecular formula is C49H41N. The van der Waals surface area contributed by atoms with E-state index in [4.69, 9.17) is 0 Å². The largest absolute Gasteiger partial charge is 0.310 e. The summed E-state index contributed by atoms with van der Waals surface area (Å²) >= 11 is 0. The van der Waals surface area contributed by atoms with E-state index in [1.54, 1.807) is 0 Å². The molecule has 7 aromatic carbocycles. The Morgan fingerprint density at radius 1 is 0.340 bits per heavy atom. The van der Waals surface area contributed by atoms with Gasteiger partial charge in [-0.3, -0.25) is 0 Å². The minimum Gasteiger partial charge on any atom is -0.310 e. The maximum absolute atomic E-state index is 2.45. The molecule has 0 aliphatic heterocycles. The van der Waals surface area contributed by atoms with Gasteiger partial charge in [-0.1, -0.05) is 143 Å². The molecule has 0 fully saturated rings. The maximum atomic E-state index is 2.45. The monoisotopic (exact) mass is 643 g/mol. The zero-order valence-electron chi connectivity index (χ0n) is 29.5. The first-order valence-electron chi connectivity index (χ1n) is 17.8. The topological polar surface area (TPSA) is 3.24 Å². The van der Waals surface area contributed by atoms with Gasteiger partial charge in [0.25, 0.3) is 0 Å². The number of hydrogen-bond donors (Lipinski definition) is 0. The molecule has 242 valence electrons. The minimum absolute atomic E-state index is 0.0681. The van der Waals surface area contributed by atoms with E-state index >= 15 is 0 Å². The second kappa shape index (κ2) is 11.2. The molecular weight excluding hydrogens is 603 g/mol. The molecule has 1 nitrogen and oxygen atoms in total. The summed E-state index contributed by atoms with van der Waals surface area (Å²) in [5, 5.41) is 0. The molecule has 0 saturated heterocycles. The number of hydrogen-bond acceptors (Lipinski definition) is 1. The Hall–Kier alpha value is -5.66. The molecule has 0 N–H and O–H groups in total. The van der Waals surface area contributed by atoms with Crippen LogP contribution in [0.3, 0.4) is 0 Å². The number of benzene rings is 7. The van der Waals surface area contributed by atoms with Gasteiger partial charge in [0.2, 0.25) is 0 Å². The van der Waals surface area contributed by atoms with Gasteiger partial charge in [-0.05, 0) is 122 Å². The Morgan fingerprint density at radius 3 is 1.44 bits per heavy atom. The molecule has 0 saturated carbocycles. The fourth-order valence-electron chi connectivity index (χ4n) is 8.58. The summed E-state index contributed by atoms with van der Waals surface area (Å²) in [7, 11) is 0. The van der Waals surface area contributed by atoms with Crippen LogP contribution in [0.1, 0.15) is 55.5 Å². The van der Waals surface area contributed by atoms with E-state index in [-0.39, 0.29) is 10.8 Å². The van der Waals surface area contributed by atoms with E-state index in [9.17, 15) is 0 Å². The van der Waals surface area contributed by atoms with E-state index < -0.39 is 0 Å². The van der Waals surface area contributed by atoms with Crippen molar-refractivity contribution in [2.75, 3.05) is 4.90 Å². The summed E-state index contributed by atoms with van der Waals surface area (Å²) in [5.41, 5.74) is 20.4. The van der Waals surface area contributed by atoms with E-state index in [1.165, 1.54) is 89.4 Å². The molecule has 0 radical (unpaired) electrons. The van der Waals surface area contributed by atoms with Gasteiger partial charge >= 0.3 is 0 Å². The second-order valence-electron chi connectivity index (χ2n) is 15.1. The van der Waals surface area contributed by atoms with Crippen LogP contribution in [0.5, 0.6) is 0 Å². The first-order valence-corrected chi connectivity index (χ1v) is 17.8. The highest BCUT2D eigenvalue weighted by atomic mass is 15.1. The molecule has 0 aromatic heterocycles. The lowest BCUT2D eigenvalue weighted by atomic mass is 9.81. The number of anilines is 3. The van der Waals surface area contributed by atoms with Crippen LogP contribution in [0.4, 0.5) is 17.1 Å². The molecule has 2 aliphatic rings. The zero-order valence-corrected chi connectivity index (χ0v) is 29.5. The van der Waals surface area contributed by atoms with Gasteiger partial charge < -0.3 is 4.90 Å². The van der Waals surface area contributed by atoms with Gasteiger partial charge in [0.1, 0.15) is 0 Å². The van der Waals surface area contributed by atoms with Crippen molar-refractivity contribution < 1.29 is 0 Å². The summed E-state index contributed by atoms with van der Waals surface area (Å²) in [6.07, 6.45) is 0. The molecule has 0 unspecified atom stereocenters. The Kier molecular flexibility index (Phi) is 6.80. The Bertz CT molecular complexity index is 2430. The summed E-state index contributed by atoms with van der Waals surface area (Å²) in [5.74, 6) is 0. The van der Waals surface area contributed by atoms with Gasteiger partial charge in [0, 0.05) is 27.9 Å². The Balaban J connectivity index is 1.12. The molecule has 0 bridgehead atoms. The van der Waals surface area contributed by atoms with Gasteiger partial charge in [-0.25, -0.2) is 0 Å². The maximum Gasteiger partial charge on any atom is 0.0465 e. The average Bonchev–Trinajstić information content (AvgIpc) is 3.51. The molecule has 0 atom stereocenters. The lowest BCUT2D eigenvalue weighted by Crippen LogP contribution is -2.18. The van der Waals surface area contributed by atoms with Crippen LogP contribution >= 0.6 is 0 Å². The predicted octanol–water partition coefficient (Wildman–Crippen LogP) is 13.4. The standard InChI is InChI=1S/C49H41N/c1-32-12-11-15-37(28-32)50(38-23-26-42-40-16-9-10-17-44(40)48(2,3)46(42)30-38)39-24-27-43-41-25-22-36(29-45(41)49(4,5)47(43)31-39)35-20-18-34(19-21-35)33-13-7-6-8-14-33/h6-31H,1-5H3. The van der Waals surface area contributed by atoms with E-state index in [0.717, 1.165) is 0 Å². The number of aryl methyl sites for hydroxylation is 1. The van der Waals surface area contributed by atoms with Crippen LogP contribution in [0.2, 0.25) is 0 Å². The molecule has 9 rings (SSSR count). The van der Waals surface area contributed by atoms with Crippen LogP contribution in [0, 0.1) is 6.92 Å². The van der Waals surface area contributed by atoms with Crippen LogP contribution in [-0.2, 0) is 10.8 Å². The first-order chi connectivity index (χ1) is 24.2. The molecule has 0 amide bonds. The lowest BCUT2D eigenvalue weighted by molar-refractivity contribution is 0.660. The van der Waals surface area contributed by atoms with Gasteiger partial charge in [-0.2, -0.15) is 0 Å². The quantitative estimate of drug-likeness (QED) is 0.180. The molecule has 50 heavy (non-hydrogen) atoms. The third-order valence-corrected chi connectivity index (χ3v) is 11.3. The highest BCUT2D eigenvalue weighted by Crippen LogP contribution is 2.53. The molecule has 2 aliphatic carbocycles. The number of nitrogens with zero attached hydrogens (tertiary/aromatic N) is 1. The Morgan fingerprint density at radius 2 is 0.800 bits per heavy atom. The van der Waals surface area contributed by atoms with Crippen molar-refractivity contribution in [3.63, 3.8) is 0 Å². The molecule has 0 spiro atoms. The summed E-state index contributed by atoms with van der Waals surface area (Å²) in [6.45, 7) is 11.7. The van der Waals surface area contributed by atoms with Crippen molar-refractivity contribution in [1.82, 2.24) is 0 Å². The normalized spacial score (nSPS) is 14.4. The van der Waals surface area contributed by atoms with E-state index in [2.05, 4.69) is 197 Å². The third-order valence-electron chi connectivity index (χ3n) is 11.3. The summed E-state index contributed by atoms with van der Waals surface area (Å²) in [4.78, 5) is 2.45. The van der Waals surface area contributed by atoms with Gasteiger partial charge in [-0.15, -0.1) is 0 Å². The smallest absolute Gasteiger partial charge is 0.0465 e. The molecule has 7 aromatic rings. The van der Waals surface area contributed by atoms with Crippen molar-refractivity contribution in [3.05, 3.63) is 186 Å². The summed E-state index contributed by atoms with van der Waals surface area (Å²) in [6, 6.07) is 58.6. The fraction of sp³-hybridized carbons (Fsp3) is 0.143. The molecule has 1 heteroatoms. The van der Waals surface area contributed by atoms with Crippen LogP contribution in [0.25, 0.3) is 44.5 Å². The van der Waals surface area contributed by atoms with Gasteiger partial charge in [0.05, 0.1) is 0 Å². The van der Waals surface area contributed by atoms with Crippen LogP contribution < -0.4 is 4.90 Å². The highest BCUT2D eigenvalue weighted by Gasteiger charge is 2.38. The first kappa shape index (κ1) is 30.4. The molecule has 0 heterocycles. The van der Waals surface area contributed by atoms with Crippen molar-refractivity contribution in [2.45, 2.75) is 45.4 Å². The van der Waals surface area contributed by atoms with Crippen molar-refractivity contribution >= 4 is 17.1 Å². The Labute approximate surface area is 296 Å². The summed E-state index contributed by atoms with van der Waals surface area (Å²) < 4.78 is 0. The fourth-order valence-corrected chi connectivity index (χ4v) is 8.58. The minimum atomic E-state index is -0.152. The van der Waals surface area contributed by atoms with E-state index in [0.29, 0.717) is 0 Å². The van der Waals surface area contributed by atoms with E-state index in [1.807, 2.05) is 0 Å². The lowest BCUT2D eigenvalue weighted by Gasteiger charge is -2.30. The van der Waals surface area contributed by atoms with Gasteiger partial charge in [0.15, 0.2) is 0 Å². The SMILES string of the molecule is Cc1cccc(N(c2ccc3c(c2)C(C)(C)c2ccccc2-3)c2ccc3c(c2)C(C)(C)c2cc(-c4ccc(-c5ccccc5)cc4)ccc2-3)c1. The predicted molar refractivity (Wildman–Crippen MR) is 212 cm³/mol. The number of fused-ring (bicyclic) bond motifs is 6. The zero-order chi connectivity index (χ0) is 34.2. The van der Waals surface area contributed by atoms with Crippen molar-refractivity contribution in [3.8, 4) is 44.5 Å². The van der Waals surface area contributed by atoms with Crippen LogP contribution in [-0.4, -0.2) is 0 Å².